The first-order valence-electron chi connectivity index (χ1n) is 7.39. The summed E-state index contributed by atoms with van der Waals surface area (Å²) in [4.78, 5) is 18.8. The van der Waals surface area contributed by atoms with E-state index in [1.165, 1.54) is 0 Å². The molecule has 1 aromatic heterocycles. The normalized spacial score (nSPS) is 25.1. The van der Waals surface area contributed by atoms with Crippen LogP contribution in [0.25, 0.3) is 0 Å². The van der Waals surface area contributed by atoms with Crippen molar-refractivity contribution < 1.29 is 9.90 Å². The molecule has 3 unspecified atom stereocenters. The molecule has 0 bridgehead atoms. The number of hydrogen-bond donors (Lipinski definition) is 1. The van der Waals surface area contributed by atoms with Gasteiger partial charge in [0.2, 0.25) is 0 Å². The molecule has 1 amide bonds. The Morgan fingerprint density at radius 3 is 2.81 bits per heavy atom. The van der Waals surface area contributed by atoms with Gasteiger partial charge in [-0.2, -0.15) is 0 Å². The lowest BCUT2D eigenvalue weighted by atomic mass is 9.86. The predicted octanol–water partition coefficient (Wildman–Crippen LogP) is 1.93. The van der Waals surface area contributed by atoms with Gasteiger partial charge in [-0.3, -0.25) is 4.79 Å². The summed E-state index contributed by atoms with van der Waals surface area (Å²) in [5.74, 6) is 6.36. The predicted molar refractivity (Wildman–Crippen MR) is 81.6 cm³/mol. The van der Waals surface area contributed by atoms with Crippen molar-refractivity contribution in [1.82, 2.24) is 9.88 Å². The van der Waals surface area contributed by atoms with Gasteiger partial charge in [-0.1, -0.05) is 25.7 Å². The van der Waals surface area contributed by atoms with Gasteiger partial charge in [-0.15, -0.1) is 0 Å². The van der Waals surface area contributed by atoms with Crippen molar-refractivity contribution in [3.05, 3.63) is 29.6 Å². The number of rotatable bonds is 1. The summed E-state index contributed by atoms with van der Waals surface area (Å²) in [6.07, 6.45) is 2.74. The van der Waals surface area contributed by atoms with Gasteiger partial charge < -0.3 is 10.0 Å². The van der Waals surface area contributed by atoms with E-state index >= 15 is 0 Å². The summed E-state index contributed by atoms with van der Waals surface area (Å²) >= 11 is 0. The summed E-state index contributed by atoms with van der Waals surface area (Å²) in [7, 11) is 0. The number of carbonyl (C=O) groups is 1. The standard InChI is InChI=1S/C17H22N2O2/c1-12-9-13(2)14(3)19(11-12)17(21)16-7-6-15(10-18-16)5-4-8-20/h6-7,10,12-14,20H,8-9,11H2,1-3H3. The SMILES string of the molecule is CC1CC(C)C(C)N(C(=O)c2ccc(C#CCO)cn2)C1. The van der Waals surface area contributed by atoms with Crippen LogP contribution in [0.5, 0.6) is 0 Å². The van der Waals surface area contributed by atoms with E-state index in [4.69, 9.17) is 5.11 Å². The second-order valence-electron chi connectivity index (χ2n) is 5.91. The summed E-state index contributed by atoms with van der Waals surface area (Å²) in [5.41, 5.74) is 1.16. The molecule has 1 aliphatic rings. The van der Waals surface area contributed by atoms with Crippen LogP contribution in [0.15, 0.2) is 18.3 Å². The third-order valence-corrected chi connectivity index (χ3v) is 4.15. The van der Waals surface area contributed by atoms with Crippen molar-refractivity contribution in [2.24, 2.45) is 11.8 Å². The number of carbonyl (C=O) groups excluding carboxylic acids is 1. The first-order valence-corrected chi connectivity index (χ1v) is 7.39. The van der Waals surface area contributed by atoms with Gasteiger partial charge in [0.15, 0.2) is 0 Å². The number of aliphatic hydroxyl groups excluding tert-OH is 1. The van der Waals surface area contributed by atoms with Crippen molar-refractivity contribution >= 4 is 5.91 Å². The van der Waals surface area contributed by atoms with Crippen LogP contribution in [-0.4, -0.2) is 40.1 Å². The number of aliphatic hydroxyl groups is 1. The molecule has 4 nitrogen and oxygen atoms in total. The summed E-state index contributed by atoms with van der Waals surface area (Å²) < 4.78 is 0. The van der Waals surface area contributed by atoms with E-state index < -0.39 is 0 Å². The maximum Gasteiger partial charge on any atom is 0.272 e. The number of nitrogens with zero attached hydrogens (tertiary/aromatic N) is 2. The zero-order valence-electron chi connectivity index (χ0n) is 12.8. The van der Waals surface area contributed by atoms with Gasteiger partial charge in [0.05, 0.1) is 0 Å². The van der Waals surface area contributed by atoms with Crippen molar-refractivity contribution in [3.63, 3.8) is 0 Å². The zero-order chi connectivity index (χ0) is 15.4. The molecule has 1 saturated heterocycles. The van der Waals surface area contributed by atoms with Crippen molar-refractivity contribution in [3.8, 4) is 11.8 Å². The Hall–Kier alpha value is -1.86. The molecule has 1 aromatic rings. The number of piperidine rings is 1. The van der Waals surface area contributed by atoms with Crippen molar-refractivity contribution in [1.29, 1.82) is 0 Å². The van der Waals surface area contributed by atoms with E-state index in [0.717, 1.165) is 13.0 Å². The van der Waals surface area contributed by atoms with Crippen LogP contribution >= 0.6 is 0 Å². The Morgan fingerprint density at radius 1 is 1.43 bits per heavy atom. The lowest BCUT2D eigenvalue weighted by Crippen LogP contribution is -2.49. The van der Waals surface area contributed by atoms with Crippen LogP contribution in [0.3, 0.4) is 0 Å². The number of hydrogen-bond acceptors (Lipinski definition) is 3. The van der Waals surface area contributed by atoms with E-state index in [9.17, 15) is 4.79 Å². The lowest BCUT2D eigenvalue weighted by Gasteiger charge is -2.40. The van der Waals surface area contributed by atoms with Gasteiger partial charge in [-0.05, 0) is 37.3 Å². The quantitative estimate of drug-likeness (QED) is 0.803. The summed E-state index contributed by atoms with van der Waals surface area (Å²) in [5, 5.41) is 8.66. The average molecular weight is 286 g/mol. The molecule has 0 aromatic carbocycles. The van der Waals surface area contributed by atoms with E-state index in [-0.39, 0.29) is 18.6 Å². The fourth-order valence-electron chi connectivity index (χ4n) is 2.87. The van der Waals surface area contributed by atoms with Crippen LogP contribution in [0, 0.1) is 23.7 Å². The third-order valence-electron chi connectivity index (χ3n) is 4.15. The molecular weight excluding hydrogens is 264 g/mol. The number of likely N-dealkylation sites (tertiary alicyclic amines) is 1. The first kappa shape index (κ1) is 15.5. The minimum atomic E-state index is -0.179. The van der Waals surface area contributed by atoms with Crippen LogP contribution in [-0.2, 0) is 0 Å². The van der Waals surface area contributed by atoms with Gasteiger partial charge >= 0.3 is 0 Å². The molecule has 3 atom stereocenters. The first-order chi connectivity index (χ1) is 10.0. The highest BCUT2D eigenvalue weighted by molar-refractivity contribution is 5.92. The fraction of sp³-hybridized carbons (Fsp3) is 0.529. The highest BCUT2D eigenvalue weighted by Crippen LogP contribution is 2.27. The molecule has 0 radical (unpaired) electrons. The molecule has 112 valence electrons. The van der Waals surface area contributed by atoms with Crippen molar-refractivity contribution in [2.45, 2.75) is 33.2 Å². The molecule has 1 N–H and O–H groups in total. The van der Waals surface area contributed by atoms with E-state index in [1.807, 2.05) is 4.90 Å². The molecule has 1 fully saturated rings. The number of amides is 1. The lowest BCUT2D eigenvalue weighted by molar-refractivity contribution is 0.0450. The maximum atomic E-state index is 12.6. The summed E-state index contributed by atoms with van der Waals surface area (Å²) in [6, 6.07) is 3.72. The molecule has 0 spiro atoms. The average Bonchev–Trinajstić information content (AvgIpc) is 2.48. The molecule has 2 rings (SSSR count). The Bertz CT molecular complexity index is 556. The van der Waals surface area contributed by atoms with Crippen LogP contribution in [0.4, 0.5) is 0 Å². The molecule has 0 saturated carbocycles. The number of aromatic nitrogens is 1. The second kappa shape index (κ2) is 6.73. The minimum Gasteiger partial charge on any atom is -0.384 e. The maximum absolute atomic E-state index is 12.6. The van der Waals surface area contributed by atoms with Gasteiger partial charge in [0.1, 0.15) is 12.3 Å². The Kier molecular flexibility index (Phi) is 4.98. The molecule has 2 heterocycles. The Morgan fingerprint density at radius 2 is 2.19 bits per heavy atom. The molecule has 21 heavy (non-hydrogen) atoms. The fourth-order valence-corrected chi connectivity index (χ4v) is 2.87. The zero-order valence-corrected chi connectivity index (χ0v) is 12.8. The molecule has 0 aliphatic carbocycles. The van der Waals surface area contributed by atoms with Crippen LogP contribution in [0.1, 0.15) is 43.2 Å². The minimum absolute atomic E-state index is 0.0115. The highest BCUT2D eigenvalue weighted by Gasteiger charge is 2.32. The Balaban J connectivity index is 2.15. The largest absolute Gasteiger partial charge is 0.384 e. The van der Waals surface area contributed by atoms with Crippen LogP contribution in [0.2, 0.25) is 0 Å². The van der Waals surface area contributed by atoms with Gasteiger partial charge in [0, 0.05) is 24.3 Å². The number of pyridine rings is 1. The monoisotopic (exact) mass is 286 g/mol. The summed E-state index contributed by atoms with van der Waals surface area (Å²) in [6.45, 7) is 7.10. The van der Waals surface area contributed by atoms with Crippen molar-refractivity contribution in [2.75, 3.05) is 13.2 Å². The third kappa shape index (κ3) is 3.62. The molecule has 1 aliphatic heterocycles. The highest BCUT2D eigenvalue weighted by atomic mass is 16.2. The van der Waals surface area contributed by atoms with E-state index in [2.05, 4.69) is 37.6 Å². The van der Waals surface area contributed by atoms with Crippen LogP contribution < -0.4 is 0 Å². The second-order valence-corrected chi connectivity index (χ2v) is 5.91. The smallest absolute Gasteiger partial charge is 0.272 e. The van der Waals surface area contributed by atoms with E-state index in [0.29, 0.717) is 23.1 Å². The van der Waals surface area contributed by atoms with Gasteiger partial charge in [0.25, 0.3) is 5.91 Å². The Labute approximate surface area is 126 Å². The van der Waals surface area contributed by atoms with E-state index in [1.54, 1.807) is 18.3 Å². The molecular formula is C17H22N2O2. The topological polar surface area (TPSA) is 53.4 Å². The van der Waals surface area contributed by atoms with Gasteiger partial charge in [-0.25, -0.2) is 4.98 Å². The molecule has 4 heteroatoms.